The first-order chi connectivity index (χ1) is 7.50. The van der Waals surface area contributed by atoms with Gasteiger partial charge in [0, 0.05) is 11.8 Å². The molecule has 0 bridgehead atoms. The van der Waals surface area contributed by atoms with Crippen molar-refractivity contribution in [3.05, 3.63) is 29.3 Å². The Kier molecular flexibility index (Phi) is 3.56. The van der Waals surface area contributed by atoms with Gasteiger partial charge in [0.15, 0.2) is 0 Å². The molecule has 0 saturated carbocycles. The number of nitrogens with two attached hydrogens (primary N) is 1. The van der Waals surface area contributed by atoms with Crippen LogP contribution in [0.1, 0.15) is 22.3 Å². The zero-order valence-corrected chi connectivity index (χ0v) is 8.03. The third kappa shape index (κ3) is 3.06. The smallest absolute Gasteiger partial charge is 0.340 e. The van der Waals surface area contributed by atoms with Crippen molar-refractivity contribution in [2.24, 2.45) is 5.73 Å². The Balaban J connectivity index is 2.98. The fourth-order valence-corrected chi connectivity index (χ4v) is 0.900. The standard InChI is InChI=1S/C10H7FN2O3/c11-9-7(10(15)16)4-6(5-13-9)2-1-3-8(12)14/h4-5H,3H2,(H2,12,14)(H,15,16). The highest BCUT2D eigenvalue weighted by atomic mass is 19.1. The largest absolute Gasteiger partial charge is 0.478 e. The van der Waals surface area contributed by atoms with E-state index in [0.717, 1.165) is 12.3 Å². The highest BCUT2D eigenvalue weighted by molar-refractivity contribution is 5.87. The summed E-state index contributed by atoms with van der Waals surface area (Å²) in [5.41, 5.74) is 4.49. The van der Waals surface area contributed by atoms with Crippen LogP contribution in [0.3, 0.4) is 0 Å². The van der Waals surface area contributed by atoms with Crippen LogP contribution in [0.5, 0.6) is 0 Å². The van der Waals surface area contributed by atoms with Crippen molar-refractivity contribution in [2.75, 3.05) is 0 Å². The molecule has 1 aromatic rings. The number of amides is 1. The molecule has 0 aliphatic rings. The highest BCUT2D eigenvalue weighted by Gasteiger charge is 2.11. The van der Waals surface area contributed by atoms with Gasteiger partial charge in [0.1, 0.15) is 5.56 Å². The minimum Gasteiger partial charge on any atom is -0.478 e. The Hall–Kier alpha value is -2.42. The van der Waals surface area contributed by atoms with Crippen molar-refractivity contribution in [1.29, 1.82) is 0 Å². The number of pyridine rings is 1. The van der Waals surface area contributed by atoms with Crippen LogP contribution in [0.4, 0.5) is 4.39 Å². The number of carboxylic acid groups (broad SMARTS) is 1. The van der Waals surface area contributed by atoms with Gasteiger partial charge in [-0.3, -0.25) is 4.79 Å². The molecular weight excluding hydrogens is 215 g/mol. The SMILES string of the molecule is NC(=O)CC#Cc1cnc(F)c(C(=O)O)c1. The van der Waals surface area contributed by atoms with Gasteiger partial charge in [0.2, 0.25) is 11.9 Å². The van der Waals surface area contributed by atoms with E-state index in [1.165, 1.54) is 0 Å². The number of rotatable bonds is 2. The van der Waals surface area contributed by atoms with E-state index in [9.17, 15) is 14.0 Å². The van der Waals surface area contributed by atoms with Gasteiger partial charge in [-0.1, -0.05) is 11.8 Å². The summed E-state index contributed by atoms with van der Waals surface area (Å²) in [6.07, 6.45) is 0.926. The molecule has 0 spiro atoms. The molecule has 1 rings (SSSR count). The Morgan fingerprint density at radius 3 is 2.81 bits per heavy atom. The topological polar surface area (TPSA) is 93.3 Å². The maximum absolute atomic E-state index is 12.9. The average molecular weight is 222 g/mol. The lowest BCUT2D eigenvalue weighted by molar-refractivity contribution is -0.117. The summed E-state index contributed by atoms with van der Waals surface area (Å²) in [5, 5.41) is 8.60. The molecule has 6 heteroatoms. The summed E-state index contributed by atoms with van der Waals surface area (Å²) < 4.78 is 12.9. The van der Waals surface area contributed by atoms with E-state index in [1.54, 1.807) is 0 Å². The van der Waals surface area contributed by atoms with Crippen LogP contribution in [0.2, 0.25) is 0 Å². The van der Waals surface area contributed by atoms with E-state index in [-0.39, 0.29) is 12.0 Å². The Bertz CT molecular complexity index is 503. The predicted octanol–water partition coefficient (Wildman–Crippen LogP) is 0.146. The number of halogens is 1. The van der Waals surface area contributed by atoms with Gasteiger partial charge in [0.25, 0.3) is 0 Å². The first-order valence-electron chi connectivity index (χ1n) is 4.16. The minimum absolute atomic E-state index is 0.153. The van der Waals surface area contributed by atoms with Gasteiger partial charge in [-0.05, 0) is 6.07 Å². The predicted molar refractivity (Wildman–Crippen MR) is 51.8 cm³/mol. The minimum atomic E-state index is -1.43. The molecule has 5 nitrogen and oxygen atoms in total. The quantitative estimate of drug-likeness (QED) is 0.550. The summed E-state index contributed by atoms with van der Waals surface area (Å²) in [6, 6.07) is 1.04. The monoisotopic (exact) mass is 222 g/mol. The lowest BCUT2D eigenvalue weighted by Gasteiger charge is -1.96. The first-order valence-corrected chi connectivity index (χ1v) is 4.16. The van der Waals surface area contributed by atoms with Crippen LogP contribution in [-0.4, -0.2) is 22.0 Å². The number of aromatic carboxylic acids is 1. The van der Waals surface area contributed by atoms with Gasteiger partial charge in [-0.25, -0.2) is 9.78 Å². The van der Waals surface area contributed by atoms with Crippen LogP contribution in [0.25, 0.3) is 0 Å². The molecule has 0 fully saturated rings. The van der Waals surface area contributed by atoms with Gasteiger partial charge < -0.3 is 10.8 Å². The van der Waals surface area contributed by atoms with E-state index < -0.39 is 23.4 Å². The van der Waals surface area contributed by atoms with Crippen molar-refractivity contribution >= 4 is 11.9 Å². The molecule has 0 radical (unpaired) electrons. The molecule has 1 amide bonds. The fraction of sp³-hybridized carbons (Fsp3) is 0.100. The van der Waals surface area contributed by atoms with Crippen LogP contribution < -0.4 is 5.73 Å². The zero-order valence-electron chi connectivity index (χ0n) is 8.03. The second-order valence-corrected chi connectivity index (χ2v) is 2.81. The highest BCUT2D eigenvalue weighted by Crippen LogP contribution is 2.06. The van der Waals surface area contributed by atoms with Crippen molar-refractivity contribution < 1.29 is 19.1 Å². The molecule has 3 N–H and O–H groups in total. The maximum Gasteiger partial charge on any atom is 0.340 e. The number of hydrogen-bond acceptors (Lipinski definition) is 3. The number of carbonyl (C=O) groups excluding carboxylic acids is 1. The second kappa shape index (κ2) is 4.89. The number of aromatic nitrogens is 1. The van der Waals surface area contributed by atoms with Gasteiger partial charge in [-0.15, -0.1) is 0 Å². The van der Waals surface area contributed by atoms with Crippen LogP contribution in [0.15, 0.2) is 12.3 Å². The maximum atomic E-state index is 12.9. The van der Waals surface area contributed by atoms with Crippen molar-refractivity contribution in [3.63, 3.8) is 0 Å². The van der Waals surface area contributed by atoms with Crippen molar-refractivity contribution in [2.45, 2.75) is 6.42 Å². The van der Waals surface area contributed by atoms with Crippen molar-refractivity contribution in [3.8, 4) is 11.8 Å². The molecule has 1 aromatic heterocycles. The normalized spacial score (nSPS) is 9.06. The number of nitrogens with zero attached hydrogens (tertiary/aromatic N) is 1. The second-order valence-electron chi connectivity index (χ2n) is 2.81. The van der Waals surface area contributed by atoms with E-state index in [2.05, 4.69) is 16.8 Å². The fourth-order valence-electron chi connectivity index (χ4n) is 0.900. The molecule has 16 heavy (non-hydrogen) atoms. The van der Waals surface area contributed by atoms with Gasteiger partial charge in [-0.2, -0.15) is 4.39 Å². The summed E-state index contributed by atoms with van der Waals surface area (Å²) in [4.78, 5) is 24.2. The first kappa shape index (κ1) is 11.7. The molecule has 0 aliphatic heterocycles. The van der Waals surface area contributed by atoms with Crippen molar-refractivity contribution in [1.82, 2.24) is 4.98 Å². The average Bonchev–Trinajstić information content (AvgIpc) is 2.19. The molecule has 0 aromatic carbocycles. The van der Waals surface area contributed by atoms with E-state index in [1.807, 2.05) is 0 Å². The molecule has 82 valence electrons. The van der Waals surface area contributed by atoms with Gasteiger partial charge in [0.05, 0.1) is 6.42 Å². The van der Waals surface area contributed by atoms with E-state index in [0.29, 0.717) is 0 Å². The van der Waals surface area contributed by atoms with E-state index in [4.69, 9.17) is 10.8 Å². The lowest BCUT2D eigenvalue weighted by atomic mass is 10.2. The summed E-state index contributed by atoms with van der Waals surface area (Å²) in [6.45, 7) is 0. The number of carboxylic acids is 1. The van der Waals surface area contributed by atoms with E-state index >= 15 is 0 Å². The third-order valence-corrected chi connectivity index (χ3v) is 1.56. The molecule has 0 atom stereocenters. The number of hydrogen-bond donors (Lipinski definition) is 2. The molecule has 0 unspecified atom stereocenters. The van der Waals surface area contributed by atoms with Crippen LogP contribution in [-0.2, 0) is 4.79 Å². The summed E-state index contributed by atoms with van der Waals surface area (Å²) in [5.74, 6) is 1.76. The Morgan fingerprint density at radius 1 is 1.56 bits per heavy atom. The number of carbonyl (C=O) groups is 2. The number of primary amides is 1. The Labute approximate surface area is 90.1 Å². The summed E-state index contributed by atoms with van der Waals surface area (Å²) >= 11 is 0. The van der Waals surface area contributed by atoms with Gasteiger partial charge >= 0.3 is 5.97 Å². The molecule has 1 heterocycles. The van der Waals surface area contributed by atoms with Crippen LogP contribution in [0, 0.1) is 17.8 Å². The lowest BCUT2D eigenvalue weighted by Crippen LogP contribution is -2.08. The molecule has 0 saturated heterocycles. The van der Waals surface area contributed by atoms with Crippen LogP contribution >= 0.6 is 0 Å². The summed E-state index contributed by atoms with van der Waals surface area (Å²) in [7, 11) is 0. The molecular formula is C10H7FN2O3. The third-order valence-electron chi connectivity index (χ3n) is 1.56. The molecule has 0 aliphatic carbocycles. The zero-order chi connectivity index (χ0) is 12.1. The Morgan fingerprint density at radius 2 is 2.25 bits per heavy atom.